The van der Waals surface area contributed by atoms with Gasteiger partial charge < -0.3 is 15.4 Å². The van der Waals surface area contributed by atoms with Gasteiger partial charge in [-0.05, 0) is 37.7 Å². The van der Waals surface area contributed by atoms with Crippen molar-refractivity contribution >= 4 is 0 Å². The molecule has 1 aromatic rings. The largest absolute Gasteiger partial charge is 0.492 e. The Balaban J connectivity index is 1.67. The standard InChI is InChI=1S/C15H25N3O/c1-17-8-10-18(11-9-17)12-13-19-15-4-2-14(3-5-15)6-7-16/h2-5H,6-13,16H2,1H3. The SMILES string of the molecule is CN1CCN(CCOc2ccc(CCN)cc2)CC1. The molecule has 0 bridgehead atoms. The molecule has 0 unspecified atom stereocenters. The molecule has 1 heterocycles. The first-order chi connectivity index (χ1) is 9.28. The van der Waals surface area contributed by atoms with Crippen molar-refractivity contribution in [2.75, 3.05) is 52.9 Å². The summed E-state index contributed by atoms with van der Waals surface area (Å²) in [6.45, 7) is 7.09. The van der Waals surface area contributed by atoms with Crippen LogP contribution < -0.4 is 10.5 Å². The maximum atomic E-state index is 5.78. The lowest BCUT2D eigenvalue weighted by atomic mass is 10.1. The van der Waals surface area contributed by atoms with Crippen LogP contribution in [0.2, 0.25) is 0 Å². The Bertz CT molecular complexity index is 358. The van der Waals surface area contributed by atoms with Crippen molar-refractivity contribution in [2.24, 2.45) is 5.73 Å². The van der Waals surface area contributed by atoms with Gasteiger partial charge in [0.15, 0.2) is 0 Å². The minimum atomic E-state index is 0.698. The monoisotopic (exact) mass is 263 g/mol. The normalized spacial score (nSPS) is 17.6. The van der Waals surface area contributed by atoms with E-state index in [-0.39, 0.29) is 0 Å². The van der Waals surface area contributed by atoms with E-state index >= 15 is 0 Å². The fourth-order valence-corrected chi connectivity index (χ4v) is 2.28. The fourth-order valence-electron chi connectivity index (χ4n) is 2.28. The number of nitrogens with two attached hydrogens (primary N) is 1. The molecule has 1 aliphatic heterocycles. The molecule has 0 spiro atoms. The predicted octanol–water partition coefficient (Wildman–Crippen LogP) is 0.814. The van der Waals surface area contributed by atoms with E-state index in [4.69, 9.17) is 10.5 Å². The van der Waals surface area contributed by atoms with Crippen LogP contribution in [0.5, 0.6) is 5.75 Å². The van der Waals surface area contributed by atoms with Gasteiger partial charge in [0.1, 0.15) is 12.4 Å². The smallest absolute Gasteiger partial charge is 0.119 e. The minimum Gasteiger partial charge on any atom is -0.492 e. The number of hydrogen-bond acceptors (Lipinski definition) is 4. The van der Waals surface area contributed by atoms with E-state index in [1.54, 1.807) is 0 Å². The molecule has 0 atom stereocenters. The zero-order chi connectivity index (χ0) is 13.5. The molecular weight excluding hydrogens is 238 g/mol. The first-order valence-corrected chi connectivity index (χ1v) is 7.10. The molecule has 19 heavy (non-hydrogen) atoms. The second-order valence-electron chi connectivity index (χ2n) is 5.18. The van der Waals surface area contributed by atoms with Gasteiger partial charge in [-0.15, -0.1) is 0 Å². The molecule has 0 aromatic heterocycles. The van der Waals surface area contributed by atoms with Gasteiger partial charge in [0.25, 0.3) is 0 Å². The summed E-state index contributed by atoms with van der Waals surface area (Å²) in [5, 5.41) is 0. The summed E-state index contributed by atoms with van der Waals surface area (Å²) in [6.07, 6.45) is 0.932. The molecule has 0 aliphatic carbocycles. The summed E-state index contributed by atoms with van der Waals surface area (Å²) in [5.41, 5.74) is 6.80. The Kier molecular flexibility index (Phi) is 5.63. The lowest BCUT2D eigenvalue weighted by molar-refractivity contribution is 0.134. The van der Waals surface area contributed by atoms with Crippen molar-refractivity contribution in [3.63, 3.8) is 0 Å². The highest BCUT2D eigenvalue weighted by molar-refractivity contribution is 5.27. The molecular formula is C15H25N3O. The third-order valence-electron chi connectivity index (χ3n) is 3.63. The zero-order valence-electron chi connectivity index (χ0n) is 11.8. The fraction of sp³-hybridized carbons (Fsp3) is 0.600. The number of benzene rings is 1. The number of hydrogen-bond donors (Lipinski definition) is 1. The van der Waals surface area contributed by atoms with Gasteiger partial charge in [0.05, 0.1) is 0 Å². The quantitative estimate of drug-likeness (QED) is 0.825. The third-order valence-corrected chi connectivity index (χ3v) is 3.63. The molecule has 1 aromatic carbocycles. The van der Waals surface area contributed by atoms with Crippen LogP contribution >= 0.6 is 0 Å². The highest BCUT2D eigenvalue weighted by Gasteiger charge is 2.12. The van der Waals surface area contributed by atoms with Gasteiger partial charge in [0.2, 0.25) is 0 Å². The van der Waals surface area contributed by atoms with Crippen LogP contribution in [0.1, 0.15) is 5.56 Å². The lowest BCUT2D eigenvalue weighted by Gasteiger charge is -2.32. The highest BCUT2D eigenvalue weighted by Crippen LogP contribution is 2.12. The van der Waals surface area contributed by atoms with E-state index in [1.807, 2.05) is 12.1 Å². The van der Waals surface area contributed by atoms with E-state index in [2.05, 4.69) is 29.0 Å². The minimum absolute atomic E-state index is 0.698. The van der Waals surface area contributed by atoms with Crippen LogP contribution in [0.3, 0.4) is 0 Å². The molecule has 0 radical (unpaired) electrons. The molecule has 0 saturated carbocycles. The van der Waals surface area contributed by atoms with Crippen LogP contribution in [0, 0.1) is 0 Å². The van der Waals surface area contributed by atoms with Crippen LogP contribution in [0.25, 0.3) is 0 Å². The van der Waals surface area contributed by atoms with E-state index in [0.29, 0.717) is 6.54 Å². The van der Waals surface area contributed by atoms with Gasteiger partial charge in [-0.3, -0.25) is 4.90 Å². The number of rotatable bonds is 6. The van der Waals surface area contributed by atoms with Gasteiger partial charge in [-0.2, -0.15) is 0 Å². The van der Waals surface area contributed by atoms with Crippen molar-refractivity contribution in [2.45, 2.75) is 6.42 Å². The first kappa shape index (κ1) is 14.3. The summed E-state index contributed by atoms with van der Waals surface area (Å²) >= 11 is 0. The summed E-state index contributed by atoms with van der Waals surface area (Å²) in [7, 11) is 2.18. The topological polar surface area (TPSA) is 41.7 Å². The number of ether oxygens (including phenoxy) is 1. The predicted molar refractivity (Wildman–Crippen MR) is 78.6 cm³/mol. The van der Waals surface area contributed by atoms with Crippen molar-refractivity contribution in [3.8, 4) is 5.75 Å². The maximum absolute atomic E-state index is 5.78. The molecule has 0 amide bonds. The number of likely N-dealkylation sites (N-methyl/N-ethyl adjacent to an activating group) is 1. The summed E-state index contributed by atoms with van der Waals surface area (Å²) < 4.78 is 5.78. The van der Waals surface area contributed by atoms with Crippen LogP contribution in [-0.4, -0.2) is 62.7 Å². The van der Waals surface area contributed by atoms with Crippen LogP contribution in [0.4, 0.5) is 0 Å². The lowest BCUT2D eigenvalue weighted by Crippen LogP contribution is -2.45. The molecule has 4 heteroatoms. The van der Waals surface area contributed by atoms with Crippen molar-refractivity contribution < 1.29 is 4.74 Å². The average molecular weight is 263 g/mol. The van der Waals surface area contributed by atoms with Gasteiger partial charge in [0, 0.05) is 32.7 Å². The third kappa shape index (κ3) is 4.82. The number of piperazine rings is 1. The molecule has 1 saturated heterocycles. The Labute approximate surface area is 116 Å². The van der Waals surface area contributed by atoms with E-state index < -0.39 is 0 Å². The Morgan fingerprint density at radius 3 is 2.42 bits per heavy atom. The Hall–Kier alpha value is -1.10. The molecule has 4 nitrogen and oxygen atoms in total. The Morgan fingerprint density at radius 1 is 1.11 bits per heavy atom. The molecule has 1 fully saturated rings. The second-order valence-corrected chi connectivity index (χ2v) is 5.18. The molecule has 106 valence electrons. The number of nitrogens with zero attached hydrogens (tertiary/aromatic N) is 2. The summed E-state index contributed by atoms with van der Waals surface area (Å²) in [6, 6.07) is 8.26. The second kappa shape index (κ2) is 7.48. The highest BCUT2D eigenvalue weighted by atomic mass is 16.5. The Morgan fingerprint density at radius 2 is 1.79 bits per heavy atom. The van der Waals surface area contributed by atoms with Crippen LogP contribution in [-0.2, 0) is 6.42 Å². The summed E-state index contributed by atoms with van der Waals surface area (Å²) in [4.78, 5) is 4.83. The van der Waals surface area contributed by atoms with Crippen molar-refractivity contribution in [1.82, 2.24) is 9.80 Å². The van der Waals surface area contributed by atoms with Crippen molar-refractivity contribution in [3.05, 3.63) is 29.8 Å². The summed E-state index contributed by atoms with van der Waals surface area (Å²) in [5.74, 6) is 0.954. The van der Waals surface area contributed by atoms with E-state index in [0.717, 1.165) is 51.5 Å². The maximum Gasteiger partial charge on any atom is 0.119 e. The van der Waals surface area contributed by atoms with Gasteiger partial charge in [-0.1, -0.05) is 12.1 Å². The van der Waals surface area contributed by atoms with E-state index in [9.17, 15) is 0 Å². The first-order valence-electron chi connectivity index (χ1n) is 7.10. The van der Waals surface area contributed by atoms with Crippen molar-refractivity contribution in [1.29, 1.82) is 0 Å². The van der Waals surface area contributed by atoms with Crippen LogP contribution in [0.15, 0.2) is 24.3 Å². The average Bonchev–Trinajstić information content (AvgIpc) is 2.43. The molecule has 2 N–H and O–H groups in total. The molecule has 1 aliphatic rings. The zero-order valence-corrected chi connectivity index (χ0v) is 11.8. The molecule has 2 rings (SSSR count). The van der Waals surface area contributed by atoms with Gasteiger partial charge >= 0.3 is 0 Å². The van der Waals surface area contributed by atoms with Gasteiger partial charge in [-0.25, -0.2) is 0 Å². The van der Waals surface area contributed by atoms with E-state index in [1.165, 1.54) is 5.56 Å².